The molecule has 0 saturated heterocycles. The Morgan fingerprint density at radius 3 is 2.17 bits per heavy atom. The molecule has 0 spiro atoms. The molecule has 0 N–H and O–H groups in total. The Balaban J connectivity index is 2.73. The van der Waals surface area contributed by atoms with Crippen molar-refractivity contribution in [2.75, 3.05) is 0 Å². The molecule has 1 fully saturated rings. The smallest absolute Gasteiger partial charge is 0.360 e. The standard InChI is InChI=1S/C13H13F3N2O4S2/c14-13(15,16)9-5-1-2-6-10(9)24(21,22)11(18-17)12(23(19)20)7-3-4-8-12/h1-2,5-6,23H,3-4,7-8H2. The average molecular weight is 382 g/mol. The van der Waals surface area contributed by atoms with E-state index in [2.05, 4.69) is 4.79 Å². The van der Waals surface area contributed by atoms with Gasteiger partial charge in [-0.2, -0.15) is 18.0 Å². The number of benzene rings is 1. The quantitative estimate of drug-likeness (QED) is 0.284. The van der Waals surface area contributed by atoms with Gasteiger partial charge in [0, 0.05) is 0 Å². The highest BCUT2D eigenvalue weighted by molar-refractivity contribution is 8.07. The van der Waals surface area contributed by atoms with E-state index >= 15 is 0 Å². The molecule has 0 heterocycles. The summed E-state index contributed by atoms with van der Waals surface area (Å²) in [5.41, 5.74) is 7.71. The number of alkyl halides is 3. The zero-order chi connectivity index (χ0) is 18.2. The topological polar surface area (TPSA) is 105 Å². The Morgan fingerprint density at radius 2 is 1.71 bits per heavy atom. The molecule has 24 heavy (non-hydrogen) atoms. The van der Waals surface area contributed by atoms with Gasteiger partial charge in [0.1, 0.15) is 0 Å². The molecule has 1 aromatic carbocycles. The summed E-state index contributed by atoms with van der Waals surface area (Å²) in [6.07, 6.45) is -4.50. The molecule has 1 saturated carbocycles. The number of rotatable bonds is 3. The molecule has 11 heteroatoms. The molecule has 0 atom stereocenters. The Kier molecular flexibility index (Phi) is 4.89. The van der Waals surface area contributed by atoms with Gasteiger partial charge in [-0.05, 0) is 25.0 Å². The van der Waals surface area contributed by atoms with Crippen LogP contribution in [0, 0.1) is 0 Å². The molecule has 0 aromatic heterocycles. The Bertz CT molecular complexity index is 871. The van der Waals surface area contributed by atoms with Crippen molar-refractivity contribution in [2.45, 2.75) is 41.5 Å². The summed E-state index contributed by atoms with van der Waals surface area (Å²) in [6.45, 7) is 0. The minimum atomic E-state index is -4.97. The summed E-state index contributed by atoms with van der Waals surface area (Å²) in [5, 5.41) is -1.15. The molecule has 0 aliphatic heterocycles. The molecule has 1 aliphatic rings. The van der Waals surface area contributed by atoms with Crippen molar-refractivity contribution in [2.24, 2.45) is 0 Å². The van der Waals surface area contributed by atoms with E-state index in [1.165, 1.54) is 0 Å². The second-order valence-corrected chi connectivity index (χ2v) is 8.60. The van der Waals surface area contributed by atoms with Gasteiger partial charge in [0.15, 0.2) is 15.5 Å². The third kappa shape index (κ3) is 2.99. The van der Waals surface area contributed by atoms with Crippen molar-refractivity contribution in [3.05, 3.63) is 35.4 Å². The molecular weight excluding hydrogens is 369 g/mol. The van der Waals surface area contributed by atoms with E-state index in [-0.39, 0.29) is 12.8 Å². The molecule has 2 rings (SSSR count). The highest BCUT2D eigenvalue weighted by Gasteiger charge is 2.56. The molecule has 0 unspecified atom stereocenters. The fourth-order valence-electron chi connectivity index (χ4n) is 2.87. The summed E-state index contributed by atoms with van der Waals surface area (Å²) >= 11 is 0. The van der Waals surface area contributed by atoms with E-state index in [1.807, 2.05) is 0 Å². The van der Waals surface area contributed by atoms with Gasteiger partial charge in [-0.25, -0.2) is 16.8 Å². The summed E-state index contributed by atoms with van der Waals surface area (Å²) in [6, 6.07) is 3.37. The molecule has 1 aliphatic carbocycles. The number of hydrogen-bond acceptors (Lipinski definition) is 4. The van der Waals surface area contributed by atoms with Crippen molar-refractivity contribution in [1.29, 1.82) is 0 Å². The lowest BCUT2D eigenvalue weighted by Crippen LogP contribution is -2.43. The summed E-state index contributed by atoms with van der Waals surface area (Å²) < 4.78 is 85.9. The van der Waals surface area contributed by atoms with E-state index < -0.39 is 47.0 Å². The molecule has 0 radical (unpaired) electrons. The summed E-state index contributed by atoms with van der Waals surface area (Å²) in [7, 11) is -8.33. The van der Waals surface area contributed by atoms with E-state index in [1.54, 1.807) is 0 Å². The molecule has 0 bridgehead atoms. The molecule has 132 valence electrons. The zero-order valence-corrected chi connectivity index (χ0v) is 13.9. The van der Waals surface area contributed by atoms with Gasteiger partial charge in [0.2, 0.25) is 0 Å². The number of halogens is 3. The van der Waals surface area contributed by atoms with Crippen LogP contribution in [0.2, 0.25) is 0 Å². The van der Waals surface area contributed by atoms with E-state index in [4.69, 9.17) is 5.53 Å². The van der Waals surface area contributed by atoms with E-state index in [0.29, 0.717) is 25.0 Å². The first kappa shape index (κ1) is 18.6. The van der Waals surface area contributed by atoms with Crippen LogP contribution >= 0.6 is 0 Å². The minimum Gasteiger partial charge on any atom is -0.360 e. The lowest BCUT2D eigenvalue weighted by Gasteiger charge is -2.18. The van der Waals surface area contributed by atoms with Gasteiger partial charge in [-0.3, -0.25) is 0 Å². The summed E-state index contributed by atoms with van der Waals surface area (Å²) in [4.78, 5) is 1.48. The second-order valence-electron chi connectivity index (χ2n) is 5.40. The van der Waals surface area contributed by atoms with Crippen LogP contribution in [-0.2, 0) is 26.7 Å². The van der Waals surface area contributed by atoms with Crippen LogP contribution in [0.25, 0.3) is 5.53 Å². The van der Waals surface area contributed by atoms with Crippen LogP contribution in [0.4, 0.5) is 13.2 Å². The lowest BCUT2D eigenvalue weighted by molar-refractivity contribution is -0.139. The predicted octanol–water partition coefficient (Wildman–Crippen LogP) is 2.03. The predicted molar refractivity (Wildman–Crippen MR) is 78.8 cm³/mol. The maximum atomic E-state index is 13.1. The largest absolute Gasteiger partial charge is 0.417 e. The van der Waals surface area contributed by atoms with Crippen molar-refractivity contribution in [3.63, 3.8) is 0 Å². The fraction of sp³-hybridized carbons (Fsp3) is 0.462. The molecule has 6 nitrogen and oxygen atoms in total. The lowest BCUT2D eigenvalue weighted by atomic mass is 10.1. The van der Waals surface area contributed by atoms with Crippen molar-refractivity contribution in [1.82, 2.24) is 0 Å². The monoisotopic (exact) mass is 382 g/mol. The number of thiol groups is 1. The van der Waals surface area contributed by atoms with Gasteiger partial charge in [0.05, 0.1) is 10.5 Å². The first-order chi connectivity index (χ1) is 11.1. The fourth-order valence-corrected chi connectivity index (χ4v) is 6.09. The van der Waals surface area contributed by atoms with E-state index in [0.717, 1.165) is 12.1 Å². The number of sulfone groups is 1. The third-order valence-corrected chi connectivity index (χ3v) is 7.43. The maximum Gasteiger partial charge on any atom is 0.417 e. The Morgan fingerprint density at radius 1 is 1.17 bits per heavy atom. The van der Waals surface area contributed by atoms with Crippen molar-refractivity contribution < 1.29 is 34.8 Å². The Hall–Kier alpha value is -1.71. The molecule has 1 aromatic rings. The maximum absolute atomic E-state index is 13.1. The number of nitrogens with zero attached hydrogens (tertiary/aromatic N) is 2. The van der Waals surface area contributed by atoms with Gasteiger partial charge in [-0.15, -0.1) is 0 Å². The van der Waals surface area contributed by atoms with Crippen molar-refractivity contribution >= 4 is 25.6 Å². The highest BCUT2D eigenvalue weighted by Crippen LogP contribution is 2.40. The van der Waals surface area contributed by atoms with Gasteiger partial charge in [-0.1, -0.05) is 25.0 Å². The Labute approximate surface area is 137 Å². The first-order valence-corrected chi connectivity index (χ1v) is 9.52. The van der Waals surface area contributed by atoms with Crippen molar-refractivity contribution in [3.8, 4) is 0 Å². The van der Waals surface area contributed by atoms with Gasteiger partial charge in [0.25, 0.3) is 9.84 Å². The molecule has 0 amide bonds. The first-order valence-electron chi connectivity index (χ1n) is 6.86. The van der Waals surface area contributed by atoms with Crippen LogP contribution in [-0.4, -0.2) is 31.4 Å². The number of hydrogen-bond donors (Lipinski definition) is 1. The minimum absolute atomic E-state index is 0.126. The summed E-state index contributed by atoms with van der Waals surface area (Å²) in [5.74, 6) is 0. The van der Waals surface area contributed by atoms with Gasteiger partial charge < -0.3 is 5.53 Å². The SMILES string of the molecule is [N-]=[N+]=C(C1([SH](=O)=O)CCCC1)S(=O)(=O)c1ccccc1C(F)(F)F. The van der Waals surface area contributed by atoms with Crippen LogP contribution in [0.5, 0.6) is 0 Å². The third-order valence-electron chi connectivity index (χ3n) is 4.01. The second kappa shape index (κ2) is 6.30. The van der Waals surface area contributed by atoms with Crippen LogP contribution in [0.3, 0.4) is 0 Å². The van der Waals surface area contributed by atoms with Crippen LogP contribution in [0.15, 0.2) is 29.2 Å². The van der Waals surface area contributed by atoms with E-state index in [9.17, 15) is 30.0 Å². The van der Waals surface area contributed by atoms with Crippen LogP contribution in [0.1, 0.15) is 31.2 Å². The highest BCUT2D eigenvalue weighted by atomic mass is 32.2. The average Bonchev–Trinajstić information content (AvgIpc) is 2.97. The zero-order valence-electron chi connectivity index (χ0n) is 12.2. The molecular formula is C13H13F3N2O4S2. The van der Waals surface area contributed by atoms with Gasteiger partial charge >= 0.3 is 11.2 Å². The van der Waals surface area contributed by atoms with Crippen LogP contribution < -0.4 is 0 Å². The normalized spacial score (nSPS) is 17.7.